The fraction of sp³-hybridized carbons (Fsp3) is 0.150. The van der Waals surface area contributed by atoms with Crippen molar-refractivity contribution < 1.29 is 5.11 Å². The average molecular weight is 348 g/mol. The van der Waals surface area contributed by atoms with Gasteiger partial charge in [0.25, 0.3) is 0 Å². The summed E-state index contributed by atoms with van der Waals surface area (Å²) < 4.78 is 0. The van der Waals surface area contributed by atoms with E-state index < -0.39 is 11.8 Å². The van der Waals surface area contributed by atoms with Crippen LogP contribution in [0.15, 0.2) is 59.1 Å². The van der Waals surface area contributed by atoms with E-state index >= 15 is 0 Å². The largest absolute Gasteiger partial charge is 0.508 e. The highest BCUT2D eigenvalue weighted by Crippen LogP contribution is 2.42. The summed E-state index contributed by atoms with van der Waals surface area (Å²) in [7, 11) is 0. The fourth-order valence-corrected chi connectivity index (χ4v) is 3.28. The predicted octanol–water partition coefficient (Wildman–Crippen LogP) is 4.68. The summed E-state index contributed by atoms with van der Waals surface area (Å²) in [4.78, 5) is 4.53. The monoisotopic (exact) mass is 347 g/mol. The van der Waals surface area contributed by atoms with E-state index in [1.54, 1.807) is 37.3 Å². The minimum Gasteiger partial charge on any atom is -0.508 e. The van der Waals surface area contributed by atoms with Crippen LogP contribution in [0.1, 0.15) is 24.0 Å². The number of allylic oxidation sites excluding steroid dienone is 1. The van der Waals surface area contributed by atoms with E-state index in [-0.39, 0.29) is 5.75 Å². The van der Waals surface area contributed by atoms with Crippen LogP contribution in [0.4, 0.5) is 0 Å². The van der Waals surface area contributed by atoms with Crippen LogP contribution < -0.4 is 0 Å². The standard InChI is InChI=1S/C20H14ClN3O/c1-12-16(10-22)19(13-6-8-14(25)9-7-13)17(11-23)20(24-12)15-4-2-3-5-18(15)21/h2-9,16,19,25H,1H3. The van der Waals surface area contributed by atoms with Gasteiger partial charge in [-0.25, -0.2) is 0 Å². The normalized spacial score (nSPS) is 19.8. The summed E-state index contributed by atoms with van der Waals surface area (Å²) in [6, 6.07) is 18.2. The van der Waals surface area contributed by atoms with E-state index in [1.807, 2.05) is 18.2 Å². The Labute approximate surface area is 150 Å². The van der Waals surface area contributed by atoms with Crippen LogP contribution in [0.2, 0.25) is 5.02 Å². The molecule has 0 bridgehead atoms. The number of phenolic OH excluding ortho intramolecular Hbond substituents is 1. The zero-order valence-corrected chi connectivity index (χ0v) is 14.2. The van der Waals surface area contributed by atoms with Crippen molar-refractivity contribution in [3.63, 3.8) is 0 Å². The second kappa shape index (κ2) is 6.81. The Morgan fingerprint density at radius 1 is 1.08 bits per heavy atom. The van der Waals surface area contributed by atoms with Gasteiger partial charge in [0.05, 0.1) is 29.3 Å². The Morgan fingerprint density at radius 2 is 1.76 bits per heavy atom. The van der Waals surface area contributed by atoms with Gasteiger partial charge in [0, 0.05) is 22.2 Å². The van der Waals surface area contributed by atoms with Crippen LogP contribution in [0, 0.1) is 28.6 Å². The summed E-state index contributed by atoms with van der Waals surface area (Å²) in [6.07, 6.45) is 0. The maximum absolute atomic E-state index is 9.82. The van der Waals surface area contributed by atoms with Crippen LogP contribution >= 0.6 is 11.6 Å². The highest BCUT2D eigenvalue weighted by molar-refractivity contribution is 6.32. The highest BCUT2D eigenvalue weighted by atomic mass is 35.5. The number of aliphatic imine (C=N–C) groups is 1. The Hall–Kier alpha value is -3.08. The van der Waals surface area contributed by atoms with Gasteiger partial charge >= 0.3 is 0 Å². The Kier molecular flexibility index (Phi) is 4.57. The number of nitriles is 2. The number of aromatic hydroxyl groups is 1. The molecule has 25 heavy (non-hydrogen) atoms. The molecule has 0 saturated heterocycles. The SMILES string of the molecule is CC1=NC(c2ccccc2Cl)=C(C#N)C(c2ccc(O)cc2)C1C#N. The first-order valence-corrected chi connectivity index (χ1v) is 8.07. The Morgan fingerprint density at radius 3 is 2.36 bits per heavy atom. The van der Waals surface area contributed by atoms with Crippen molar-refractivity contribution in [3.8, 4) is 17.9 Å². The molecule has 5 heteroatoms. The molecule has 0 spiro atoms. The van der Waals surface area contributed by atoms with Crippen LogP contribution in [0.25, 0.3) is 5.70 Å². The van der Waals surface area contributed by atoms with Crippen molar-refractivity contribution in [2.24, 2.45) is 10.9 Å². The molecule has 1 N–H and O–H groups in total. The lowest BCUT2D eigenvalue weighted by molar-refractivity contribution is 0.475. The summed E-state index contributed by atoms with van der Waals surface area (Å²) in [6.45, 7) is 1.78. The summed E-state index contributed by atoms with van der Waals surface area (Å²) in [5, 5.41) is 29.5. The predicted molar refractivity (Wildman–Crippen MR) is 97.0 cm³/mol. The highest BCUT2D eigenvalue weighted by Gasteiger charge is 2.35. The van der Waals surface area contributed by atoms with E-state index in [4.69, 9.17) is 11.6 Å². The number of nitrogens with zero attached hydrogens (tertiary/aromatic N) is 3. The molecule has 0 radical (unpaired) electrons. The van der Waals surface area contributed by atoms with Gasteiger partial charge in [-0.2, -0.15) is 10.5 Å². The third-order valence-corrected chi connectivity index (χ3v) is 4.61. The fourth-order valence-electron chi connectivity index (χ4n) is 3.05. The molecular weight excluding hydrogens is 334 g/mol. The zero-order valence-electron chi connectivity index (χ0n) is 13.4. The van der Waals surface area contributed by atoms with Crippen molar-refractivity contribution >= 4 is 23.0 Å². The van der Waals surface area contributed by atoms with E-state index in [0.717, 1.165) is 5.56 Å². The molecule has 0 aromatic heterocycles. The van der Waals surface area contributed by atoms with Gasteiger partial charge in [0.15, 0.2) is 0 Å². The molecule has 4 nitrogen and oxygen atoms in total. The number of phenols is 1. The first kappa shape index (κ1) is 16.8. The number of hydrogen-bond acceptors (Lipinski definition) is 4. The van der Waals surface area contributed by atoms with Crippen molar-refractivity contribution in [3.05, 3.63) is 70.3 Å². The van der Waals surface area contributed by atoms with E-state index in [0.29, 0.717) is 27.6 Å². The molecule has 122 valence electrons. The third-order valence-electron chi connectivity index (χ3n) is 4.28. The van der Waals surface area contributed by atoms with Crippen LogP contribution in [-0.4, -0.2) is 10.8 Å². The lowest BCUT2D eigenvalue weighted by Crippen LogP contribution is -2.25. The molecule has 1 heterocycles. The minimum atomic E-state index is -0.551. The molecule has 2 aromatic carbocycles. The van der Waals surface area contributed by atoms with Crippen LogP contribution in [-0.2, 0) is 0 Å². The van der Waals surface area contributed by atoms with Gasteiger partial charge in [0.2, 0.25) is 0 Å². The topological polar surface area (TPSA) is 80.2 Å². The van der Waals surface area contributed by atoms with Gasteiger partial charge in [-0.15, -0.1) is 0 Å². The van der Waals surface area contributed by atoms with Gasteiger partial charge in [-0.3, -0.25) is 4.99 Å². The molecule has 0 amide bonds. The van der Waals surface area contributed by atoms with E-state index in [1.165, 1.54) is 0 Å². The number of hydrogen-bond donors (Lipinski definition) is 1. The second-order valence-corrected chi connectivity index (χ2v) is 6.19. The van der Waals surface area contributed by atoms with Gasteiger partial charge in [-0.05, 0) is 30.7 Å². The van der Waals surface area contributed by atoms with Gasteiger partial charge < -0.3 is 5.11 Å². The molecule has 0 aliphatic carbocycles. The molecule has 1 aliphatic heterocycles. The van der Waals surface area contributed by atoms with Crippen molar-refractivity contribution in [1.29, 1.82) is 10.5 Å². The zero-order chi connectivity index (χ0) is 18.0. The maximum atomic E-state index is 9.82. The number of rotatable bonds is 2. The summed E-state index contributed by atoms with van der Waals surface area (Å²) >= 11 is 6.30. The quantitative estimate of drug-likeness (QED) is 0.856. The average Bonchev–Trinajstić information content (AvgIpc) is 2.62. The summed E-state index contributed by atoms with van der Waals surface area (Å²) in [5.74, 6) is -0.878. The molecular formula is C20H14ClN3O. The smallest absolute Gasteiger partial charge is 0.115 e. The van der Waals surface area contributed by atoms with Gasteiger partial charge in [-0.1, -0.05) is 41.9 Å². The molecule has 2 atom stereocenters. The molecule has 2 aromatic rings. The maximum Gasteiger partial charge on any atom is 0.115 e. The van der Waals surface area contributed by atoms with Gasteiger partial charge in [0.1, 0.15) is 5.75 Å². The molecule has 0 fully saturated rings. The first-order valence-electron chi connectivity index (χ1n) is 7.69. The second-order valence-electron chi connectivity index (χ2n) is 5.78. The minimum absolute atomic E-state index is 0.132. The Balaban J connectivity index is 2.26. The number of halogens is 1. The van der Waals surface area contributed by atoms with Crippen molar-refractivity contribution in [2.45, 2.75) is 12.8 Å². The van der Waals surface area contributed by atoms with E-state index in [9.17, 15) is 15.6 Å². The van der Waals surface area contributed by atoms with E-state index in [2.05, 4.69) is 17.1 Å². The van der Waals surface area contributed by atoms with Crippen molar-refractivity contribution in [2.75, 3.05) is 0 Å². The number of benzene rings is 2. The molecule has 1 aliphatic rings. The molecule has 0 saturated carbocycles. The molecule has 2 unspecified atom stereocenters. The first-order chi connectivity index (χ1) is 12.1. The Bertz CT molecular complexity index is 962. The molecule has 3 rings (SSSR count). The third kappa shape index (κ3) is 3.01. The summed E-state index contributed by atoms with van der Waals surface area (Å²) in [5.41, 5.74) is 2.97. The lowest BCUT2D eigenvalue weighted by Gasteiger charge is -2.28. The van der Waals surface area contributed by atoms with Crippen LogP contribution in [0.5, 0.6) is 5.75 Å². The van der Waals surface area contributed by atoms with Crippen LogP contribution in [0.3, 0.4) is 0 Å². The lowest BCUT2D eigenvalue weighted by atomic mass is 9.76. The van der Waals surface area contributed by atoms with Crippen molar-refractivity contribution in [1.82, 2.24) is 0 Å².